The van der Waals surface area contributed by atoms with Gasteiger partial charge < -0.3 is 11.5 Å². The highest BCUT2D eigenvalue weighted by atomic mass is 16.1. The van der Waals surface area contributed by atoms with E-state index in [2.05, 4.69) is 9.97 Å². The molecule has 0 unspecified atom stereocenters. The SMILES string of the molecule is Cc1cnc(N)c(C(=O)c2ccnc(CN)c2)c1. The Morgan fingerprint density at radius 1 is 1.33 bits per heavy atom. The Kier molecular flexibility index (Phi) is 3.34. The Morgan fingerprint density at radius 3 is 2.83 bits per heavy atom. The highest BCUT2D eigenvalue weighted by molar-refractivity contribution is 6.11. The molecule has 0 fully saturated rings. The summed E-state index contributed by atoms with van der Waals surface area (Å²) in [5.41, 5.74) is 13.7. The second-order valence-corrected chi connectivity index (χ2v) is 4.01. The number of nitrogens with two attached hydrogens (primary N) is 2. The van der Waals surface area contributed by atoms with Crippen LogP contribution in [-0.4, -0.2) is 15.8 Å². The zero-order valence-electron chi connectivity index (χ0n) is 10.1. The fourth-order valence-corrected chi connectivity index (χ4v) is 1.65. The predicted octanol–water partition coefficient (Wildman–Crippen LogP) is 1.06. The van der Waals surface area contributed by atoms with E-state index >= 15 is 0 Å². The van der Waals surface area contributed by atoms with E-state index in [0.29, 0.717) is 23.4 Å². The van der Waals surface area contributed by atoms with Gasteiger partial charge in [-0.2, -0.15) is 0 Å². The van der Waals surface area contributed by atoms with Crippen molar-refractivity contribution in [3.8, 4) is 0 Å². The van der Waals surface area contributed by atoms with Crippen molar-refractivity contribution < 1.29 is 4.79 Å². The summed E-state index contributed by atoms with van der Waals surface area (Å²) < 4.78 is 0. The maximum Gasteiger partial charge on any atom is 0.196 e. The number of hydrogen-bond donors (Lipinski definition) is 2. The lowest BCUT2D eigenvalue weighted by Gasteiger charge is -2.06. The molecule has 92 valence electrons. The van der Waals surface area contributed by atoms with Crippen molar-refractivity contribution in [2.75, 3.05) is 5.73 Å². The van der Waals surface area contributed by atoms with E-state index in [9.17, 15) is 4.79 Å². The van der Waals surface area contributed by atoms with E-state index in [0.717, 1.165) is 5.56 Å². The number of hydrogen-bond acceptors (Lipinski definition) is 5. The first kappa shape index (κ1) is 12.2. The van der Waals surface area contributed by atoms with Crippen LogP contribution in [0.5, 0.6) is 0 Å². The normalized spacial score (nSPS) is 10.3. The number of aromatic nitrogens is 2. The minimum atomic E-state index is -0.166. The lowest BCUT2D eigenvalue weighted by Crippen LogP contribution is -2.09. The van der Waals surface area contributed by atoms with E-state index in [-0.39, 0.29) is 11.6 Å². The first-order valence-electron chi connectivity index (χ1n) is 5.53. The minimum absolute atomic E-state index is 0.166. The summed E-state index contributed by atoms with van der Waals surface area (Å²) in [6.45, 7) is 2.16. The molecule has 5 heteroatoms. The first-order chi connectivity index (χ1) is 8.61. The first-order valence-corrected chi connectivity index (χ1v) is 5.53. The van der Waals surface area contributed by atoms with Gasteiger partial charge in [0.2, 0.25) is 0 Å². The molecule has 0 aliphatic carbocycles. The molecule has 0 aliphatic rings. The maximum absolute atomic E-state index is 12.3. The van der Waals surface area contributed by atoms with Gasteiger partial charge in [-0.25, -0.2) is 4.98 Å². The second-order valence-electron chi connectivity index (χ2n) is 4.01. The number of ketones is 1. The summed E-state index contributed by atoms with van der Waals surface area (Å²) in [5.74, 6) is 0.0671. The van der Waals surface area contributed by atoms with Crippen molar-refractivity contribution in [2.45, 2.75) is 13.5 Å². The van der Waals surface area contributed by atoms with Crippen LogP contribution in [0.25, 0.3) is 0 Å². The molecule has 0 aliphatic heterocycles. The van der Waals surface area contributed by atoms with Gasteiger partial charge in [0, 0.05) is 24.5 Å². The smallest absolute Gasteiger partial charge is 0.196 e. The molecule has 2 rings (SSSR count). The van der Waals surface area contributed by atoms with Crippen molar-refractivity contribution in [3.05, 3.63) is 53.0 Å². The van der Waals surface area contributed by atoms with Gasteiger partial charge in [-0.3, -0.25) is 9.78 Å². The third kappa shape index (κ3) is 2.36. The summed E-state index contributed by atoms with van der Waals surface area (Å²) in [4.78, 5) is 20.3. The topological polar surface area (TPSA) is 94.9 Å². The van der Waals surface area contributed by atoms with E-state index in [1.54, 1.807) is 30.6 Å². The highest BCUT2D eigenvalue weighted by Crippen LogP contribution is 2.16. The molecule has 2 aromatic heterocycles. The number of nitrogen functional groups attached to an aromatic ring is 1. The van der Waals surface area contributed by atoms with Crippen LogP contribution in [0.1, 0.15) is 27.2 Å². The molecule has 0 bridgehead atoms. The quantitative estimate of drug-likeness (QED) is 0.784. The molecule has 2 heterocycles. The number of anilines is 1. The number of nitrogens with zero attached hydrogens (tertiary/aromatic N) is 2. The Hall–Kier alpha value is -2.27. The summed E-state index contributed by atoms with van der Waals surface area (Å²) in [5, 5.41) is 0. The average molecular weight is 242 g/mol. The molecular formula is C13H14N4O. The summed E-state index contributed by atoms with van der Waals surface area (Å²) in [6.07, 6.45) is 3.19. The van der Waals surface area contributed by atoms with Gasteiger partial charge in [-0.1, -0.05) is 0 Å². The van der Waals surface area contributed by atoms with Gasteiger partial charge in [-0.15, -0.1) is 0 Å². The minimum Gasteiger partial charge on any atom is -0.383 e. The van der Waals surface area contributed by atoms with Crippen LogP contribution in [0.4, 0.5) is 5.82 Å². The van der Waals surface area contributed by atoms with Crippen molar-refractivity contribution in [2.24, 2.45) is 5.73 Å². The highest BCUT2D eigenvalue weighted by Gasteiger charge is 2.14. The third-order valence-corrected chi connectivity index (χ3v) is 2.59. The van der Waals surface area contributed by atoms with E-state index in [1.165, 1.54) is 0 Å². The molecule has 0 saturated carbocycles. The van der Waals surface area contributed by atoms with Gasteiger partial charge in [0.25, 0.3) is 0 Å². The Morgan fingerprint density at radius 2 is 2.11 bits per heavy atom. The zero-order chi connectivity index (χ0) is 13.1. The van der Waals surface area contributed by atoms with Crippen molar-refractivity contribution >= 4 is 11.6 Å². The molecule has 18 heavy (non-hydrogen) atoms. The fraction of sp³-hybridized carbons (Fsp3) is 0.154. The molecule has 0 aromatic carbocycles. The molecular weight excluding hydrogens is 228 g/mol. The fourth-order valence-electron chi connectivity index (χ4n) is 1.65. The predicted molar refractivity (Wildman–Crippen MR) is 68.9 cm³/mol. The molecule has 0 atom stereocenters. The Bertz CT molecular complexity index is 595. The van der Waals surface area contributed by atoms with Crippen molar-refractivity contribution in [3.63, 3.8) is 0 Å². The summed E-state index contributed by atoms with van der Waals surface area (Å²) in [6, 6.07) is 5.04. The lowest BCUT2D eigenvalue weighted by atomic mass is 10.0. The monoisotopic (exact) mass is 242 g/mol. The Balaban J connectivity index is 2.44. The molecule has 2 aromatic rings. The molecule has 0 amide bonds. The van der Waals surface area contributed by atoms with E-state index < -0.39 is 0 Å². The zero-order valence-corrected chi connectivity index (χ0v) is 10.1. The van der Waals surface area contributed by atoms with Crippen LogP contribution < -0.4 is 11.5 Å². The summed E-state index contributed by atoms with van der Waals surface area (Å²) >= 11 is 0. The molecule has 4 N–H and O–H groups in total. The second kappa shape index (κ2) is 4.93. The number of pyridine rings is 2. The van der Waals surface area contributed by atoms with Crippen LogP contribution in [0, 0.1) is 6.92 Å². The standard InChI is InChI=1S/C13H14N4O/c1-8-4-11(13(15)17-7-8)12(18)9-2-3-16-10(5-9)6-14/h2-5,7H,6,14H2,1H3,(H2,15,17). The van der Waals surface area contributed by atoms with E-state index in [1.807, 2.05) is 6.92 Å². The van der Waals surface area contributed by atoms with Crippen LogP contribution in [0.2, 0.25) is 0 Å². The van der Waals surface area contributed by atoms with Gasteiger partial charge in [0.05, 0.1) is 11.3 Å². The van der Waals surface area contributed by atoms with E-state index in [4.69, 9.17) is 11.5 Å². The van der Waals surface area contributed by atoms with Crippen LogP contribution in [0.15, 0.2) is 30.6 Å². The lowest BCUT2D eigenvalue weighted by molar-refractivity contribution is 0.103. The molecule has 0 spiro atoms. The molecule has 0 radical (unpaired) electrons. The third-order valence-electron chi connectivity index (χ3n) is 2.59. The van der Waals surface area contributed by atoms with Gasteiger partial charge in [-0.05, 0) is 30.7 Å². The Labute approximate surface area is 105 Å². The van der Waals surface area contributed by atoms with Crippen molar-refractivity contribution in [1.29, 1.82) is 0 Å². The van der Waals surface area contributed by atoms with Gasteiger partial charge in [0.1, 0.15) is 5.82 Å². The number of carbonyl (C=O) groups is 1. The number of rotatable bonds is 3. The van der Waals surface area contributed by atoms with Crippen LogP contribution in [-0.2, 0) is 6.54 Å². The number of carbonyl (C=O) groups excluding carboxylic acids is 1. The van der Waals surface area contributed by atoms with Crippen molar-refractivity contribution in [1.82, 2.24) is 9.97 Å². The number of aryl methyl sites for hydroxylation is 1. The molecule has 0 saturated heterocycles. The van der Waals surface area contributed by atoms with Gasteiger partial charge in [0.15, 0.2) is 5.78 Å². The molecule has 5 nitrogen and oxygen atoms in total. The largest absolute Gasteiger partial charge is 0.383 e. The van der Waals surface area contributed by atoms with Crippen LogP contribution in [0.3, 0.4) is 0 Å². The maximum atomic E-state index is 12.3. The van der Waals surface area contributed by atoms with Crippen LogP contribution >= 0.6 is 0 Å². The summed E-state index contributed by atoms with van der Waals surface area (Å²) in [7, 11) is 0. The van der Waals surface area contributed by atoms with Gasteiger partial charge >= 0.3 is 0 Å². The average Bonchev–Trinajstić information content (AvgIpc) is 2.41.